The minimum atomic E-state index is -1.58. The van der Waals surface area contributed by atoms with Crippen molar-refractivity contribution in [3.8, 4) is 0 Å². The number of hydrogen-bond acceptors (Lipinski definition) is 11. The third-order valence-electron chi connectivity index (χ3n) is 14.1. The average Bonchev–Trinajstić information content (AvgIpc) is 3.22. The normalized spacial score (nSPS) is 47.1. The predicted octanol–water partition coefficient (Wildman–Crippen LogP) is 2.82. The molecule has 5 aliphatic rings. The Kier molecular flexibility index (Phi) is 10.3. The lowest BCUT2D eigenvalue weighted by Gasteiger charge is -2.66. The summed E-state index contributed by atoms with van der Waals surface area (Å²) < 4.78 is 17.3. The van der Waals surface area contributed by atoms with Gasteiger partial charge in [0, 0.05) is 24.2 Å². The van der Waals surface area contributed by atoms with Gasteiger partial charge < -0.3 is 44.8 Å². The molecule has 6 N–H and O–H groups in total. The number of rotatable bonds is 8. The monoisotopic (exact) mass is 692 g/mol. The maximum atomic E-state index is 13.6. The zero-order chi connectivity index (χ0) is 36.6. The summed E-state index contributed by atoms with van der Waals surface area (Å²) in [5.74, 6) is -1.10. The van der Waals surface area contributed by atoms with Crippen molar-refractivity contribution in [2.45, 2.75) is 149 Å². The van der Waals surface area contributed by atoms with Crippen molar-refractivity contribution >= 4 is 11.8 Å². The van der Waals surface area contributed by atoms with Crippen LogP contribution >= 0.6 is 0 Å². The van der Waals surface area contributed by atoms with E-state index in [9.17, 15) is 40.2 Å². The topological polar surface area (TPSA) is 183 Å². The molecule has 49 heavy (non-hydrogen) atoms. The standard InChI is InChI=1S/C38H60O11/c1-19(23(41)12-13-34(3,4)49-20(2)40)28-24(42)17-38(9)27-11-10-21-22(36(27,7)14-15-37(28,38)8)16-25(32(46)35(21,5)6)47-33-31(45)30(44)29(43)26(18-39)48-33/h10,12-13,19,22,24-33,39,42-46H,11,14-18H2,1-9H3/b13-12+/t19-,22-,24-,25+,26-,27-,28+,29-,30+,31-,32+,33-,36+,37-,38+/m1/s1. The molecule has 1 heterocycles. The first-order valence-electron chi connectivity index (χ1n) is 18.0. The van der Waals surface area contributed by atoms with Gasteiger partial charge in [0.25, 0.3) is 0 Å². The molecule has 0 unspecified atom stereocenters. The summed E-state index contributed by atoms with van der Waals surface area (Å²) in [5.41, 5.74) is -1.33. The summed E-state index contributed by atoms with van der Waals surface area (Å²) in [5, 5.41) is 64.6. The van der Waals surface area contributed by atoms with Crippen LogP contribution in [0, 0.1) is 45.3 Å². The summed E-state index contributed by atoms with van der Waals surface area (Å²) in [6, 6.07) is 0. The maximum Gasteiger partial charge on any atom is 0.303 e. The molecule has 4 fully saturated rings. The molecule has 5 rings (SSSR count). The molecule has 0 aromatic heterocycles. The molecule has 0 aromatic rings. The second kappa shape index (κ2) is 13.1. The highest BCUT2D eigenvalue weighted by Gasteiger charge is 2.70. The third kappa shape index (κ3) is 6.18. The first-order valence-corrected chi connectivity index (χ1v) is 18.0. The Bertz CT molecular complexity index is 1340. The minimum absolute atomic E-state index is 0.00241. The molecule has 0 aromatic carbocycles. The van der Waals surface area contributed by atoms with Crippen LogP contribution in [0.25, 0.3) is 0 Å². The number of carbonyl (C=O) groups excluding carboxylic acids is 2. The van der Waals surface area contributed by atoms with E-state index >= 15 is 0 Å². The Morgan fingerprint density at radius 1 is 1.02 bits per heavy atom. The van der Waals surface area contributed by atoms with Gasteiger partial charge in [-0.1, -0.05) is 53.2 Å². The van der Waals surface area contributed by atoms with Crippen LogP contribution in [0.5, 0.6) is 0 Å². The minimum Gasteiger partial charge on any atom is -0.456 e. The fourth-order valence-corrected chi connectivity index (χ4v) is 11.2. The average molecular weight is 693 g/mol. The highest BCUT2D eigenvalue weighted by Crippen LogP contribution is 2.75. The van der Waals surface area contributed by atoms with Crippen molar-refractivity contribution in [3.63, 3.8) is 0 Å². The Hall–Kier alpha value is -1.70. The van der Waals surface area contributed by atoms with Gasteiger partial charge in [-0.25, -0.2) is 0 Å². The van der Waals surface area contributed by atoms with Crippen LogP contribution in [0.1, 0.15) is 94.4 Å². The van der Waals surface area contributed by atoms with Crippen LogP contribution in [0.2, 0.25) is 0 Å². The number of allylic oxidation sites excluding steroid dienone is 2. The smallest absolute Gasteiger partial charge is 0.303 e. The predicted molar refractivity (Wildman–Crippen MR) is 180 cm³/mol. The van der Waals surface area contributed by atoms with E-state index in [-0.39, 0.29) is 39.8 Å². The van der Waals surface area contributed by atoms with Crippen LogP contribution < -0.4 is 0 Å². The largest absolute Gasteiger partial charge is 0.456 e. The van der Waals surface area contributed by atoms with E-state index in [0.29, 0.717) is 12.8 Å². The van der Waals surface area contributed by atoms with E-state index in [1.54, 1.807) is 19.9 Å². The van der Waals surface area contributed by atoms with Gasteiger partial charge in [-0.3, -0.25) is 9.59 Å². The van der Waals surface area contributed by atoms with Gasteiger partial charge in [0.15, 0.2) is 12.1 Å². The second-order valence-electron chi connectivity index (χ2n) is 17.6. The molecule has 1 saturated heterocycles. The van der Waals surface area contributed by atoms with E-state index in [4.69, 9.17) is 14.2 Å². The third-order valence-corrected chi connectivity index (χ3v) is 14.1. The van der Waals surface area contributed by atoms with Gasteiger partial charge in [0.1, 0.15) is 30.0 Å². The van der Waals surface area contributed by atoms with Crippen LogP contribution in [-0.4, -0.2) is 104 Å². The quantitative estimate of drug-likeness (QED) is 0.125. The molecule has 15 atom stereocenters. The number of aliphatic hydroxyl groups excluding tert-OH is 6. The van der Waals surface area contributed by atoms with Crippen molar-refractivity contribution in [1.29, 1.82) is 0 Å². The fraction of sp³-hybridized carbons (Fsp3) is 0.842. The SMILES string of the molecule is CC(=O)OC(C)(C)/C=C/C(=O)[C@@H](C)[C@H]1[C@H](O)C[C@@]2(C)[C@@H]3CC=C4[C@@H](C[C@H](O[C@@H]5O[C@H](CO)[C@@H](O)[C@H](O)[C@H]5O)[C@H](O)C4(C)C)[C@]3(C)CC[C@]12C. The van der Waals surface area contributed by atoms with Crippen LogP contribution in [0.4, 0.5) is 0 Å². The van der Waals surface area contributed by atoms with Gasteiger partial charge >= 0.3 is 5.97 Å². The molecule has 0 amide bonds. The number of carbonyl (C=O) groups is 2. The molecule has 3 saturated carbocycles. The van der Waals surface area contributed by atoms with Crippen LogP contribution in [-0.2, 0) is 23.8 Å². The van der Waals surface area contributed by atoms with Gasteiger partial charge in [0.2, 0.25) is 0 Å². The summed E-state index contributed by atoms with van der Waals surface area (Å²) in [6.07, 6.45) is -0.739. The summed E-state index contributed by atoms with van der Waals surface area (Å²) in [6.45, 7) is 16.9. The van der Waals surface area contributed by atoms with Crippen LogP contribution in [0.3, 0.4) is 0 Å². The van der Waals surface area contributed by atoms with Crippen molar-refractivity contribution in [3.05, 3.63) is 23.8 Å². The molecule has 4 aliphatic carbocycles. The zero-order valence-corrected chi connectivity index (χ0v) is 30.6. The number of hydrogen-bond donors (Lipinski definition) is 6. The number of fused-ring (bicyclic) bond motifs is 5. The maximum absolute atomic E-state index is 13.6. The fourth-order valence-electron chi connectivity index (χ4n) is 11.2. The number of aliphatic hydroxyl groups is 6. The van der Waals surface area contributed by atoms with Crippen LogP contribution in [0.15, 0.2) is 23.8 Å². The summed E-state index contributed by atoms with van der Waals surface area (Å²) in [4.78, 5) is 25.1. The highest BCUT2D eigenvalue weighted by atomic mass is 16.7. The molecule has 0 radical (unpaired) electrons. The Morgan fingerprint density at radius 3 is 2.29 bits per heavy atom. The van der Waals surface area contributed by atoms with E-state index < -0.39 is 78.5 Å². The lowest BCUT2D eigenvalue weighted by Crippen LogP contribution is -2.63. The number of esters is 1. The molecular formula is C38H60O11. The Balaban J connectivity index is 1.42. The summed E-state index contributed by atoms with van der Waals surface area (Å²) in [7, 11) is 0. The second-order valence-corrected chi connectivity index (χ2v) is 17.6. The van der Waals surface area contributed by atoms with Gasteiger partial charge in [-0.15, -0.1) is 0 Å². The molecule has 0 bridgehead atoms. The lowest BCUT2D eigenvalue weighted by atomic mass is 9.39. The van der Waals surface area contributed by atoms with E-state index in [0.717, 1.165) is 19.3 Å². The summed E-state index contributed by atoms with van der Waals surface area (Å²) >= 11 is 0. The molecule has 0 spiro atoms. The van der Waals surface area contributed by atoms with Crippen molar-refractivity contribution in [2.75, 3.05) is 6.61 Å². The number of ether oxygens (including phenoxy) is 3. The lowest BCUT2D eigenvalue weighted by molar-refractivity contribution is -0.324. The van der Waals surface area contributed by atoms with E-state index in [1.165, 1.54) is 18.6 Å². The molecule has 1 aliphatic heterocycles. The molecular weight excluding hydrogens is 632 g/mol. The Morgan fingerprint density at radius 2 is 1.67 bits per heavy atom. The number of ketones is 1. The molecule has 11 nitrogen and oxygen atoms in total. The first-order chi connectivity index (χ1) is 22.6. The van der Waals surface area contributed by atoms with E-state index in [2.05, 4.69) is 26.8 Å². The molecule has 278 valence electrons. The molecule has 11 heteroatoms. The van der Waals surface area contributed by atoms with Gasteiger partial charge in [-0.2, -0.15) is 0 Å². The van der Waals surface area contributed by atoms with Crippen molar-refractivity contribution < 1.29 is 54.4 Å². The van der Waals surface area contributed by atoms with Crippen molar-refractivity contribution in [1.82, 2.24) is 0 Å². The zero-order valence-electron chi connectivity index (χ0n) is 30.6. The van der Waals surface area contributed by atoms with Gasteiger partial charge in [-0.05, 0) is 86.2 Å². The van der Waals surface area contributed by atoms with Gasteiger partial charge in [0.05, 0.1) is 24.9 Å². The van der Waals surface area contributed by atoms with E-state index in [1.807, 2.05) is 20.8 Å². The first kappa shape index (κ1) is 38.5. The Labute approximate surface area is 290 Å². The highest BCUT2D eigenvalue weighted by molar-refractivity contribution is 5.92. The van der Waals surface area contributed by atoms with Crippen molar-refractivity contribution in [2.24, 2.45) is 45.3 Å².